The van der Waals surface area contributed by atoms with Crippen molar-refractivity contribution in [3.05, 3.63) is 71.8 Å². The van der Waals surface area contributed by atoms with Crippen molar-refractivity contribution in [2.45, 2.75) is 0 Å². The van der Waals surface area contributed by atoms with Crippen LogP contribution in [-0.2, 0) is 4.74 Å². The highest BCUT2D eigenvalue weighted by Crippen LogP contribution is 2.16. The molecule has 0 heterocycles. The molecule has 0 aliphatic carbocycles. The minimum atomic E-state index is -0.532. The Bertz CT molecular complexity index is 574. The first kappa shape index (κ1) is 12.9. The van der Waals surface area contributed by atoms with Gasteiger partial charge in [0.05, 0.1) is 0 Å². The number of benzene rings is 2. The molecule has 0 fully saturated rings. The predicted octanol–water partition coefficient (Wildman–Crippen LogP) is 3.26. The van der Waals surface area contributed by atoms with Crippen molar-refractivity contribution < 1.29 is 14.6 Å². The molecular weight excluding hydrogens is 240 g/mol. The summed E-state index contributed by atoms with van der Waals surface area (Å²) in [5.41, 5.74) is 1.22. The fourth-order valence-corrected chi connectivity index (χ4v) is 1.60. The van der Waals surface area contributed by atoms with Gasteiger partial charge in [0.1, 0.15) is 17.9 Å². The first-order valence-corrected chi connectivity index (χ1v) is 5.94. The minimum absolute atomic E-state index is 0.0699. The number of para-hydroxylation sites is 1. The summed E-state index contributed by atoms with van der Waals surface area (Å²) in [4.78, 5) is 11.7. The topological polar surface area (TPSA) is 46.5 Å². The van der Waals surface area contributed by atoms with E-state index in [-0.39, 0.29) is 17.9 Å². The van der Waals surface area contributed by atoms with E-state index < -0.39 is 5.97 Å². The Morgan fingerprint density at radius 3 is 2.47 bits per heavy atom. The molecule has 0 radical (unpaired) electrons. The maximum absolute atomic E-state index is 11.7. The third kappa shape index (κ3) is 3.71. The Morgan fingerprint density at radius 1 is 1.05 bits per heavy atom. The normalized spacial score (nSPS) is 10.5. The fourth-order valence-electron chi connectivity index (χ4n) is 1.60. The quantitative estimate of drug-likeness (QED) is 0.852. The SMILES string of the molecule is O=C(OCC=Cc1ccccc1)c1ccccc1O. The zero-order valence-corrected chi connectivity index (χ0v) is 10.3. The molecule has 0 amide bonds. The number of aromatic hydroxyl groups is 1. The van der Waals surface area contributed by atoms with Gasteiger partial charge in [-0.3, -0.25) is 0 Å². The second-order valence-corrected chi connectivity index (χ2v) is 3.93. The van der Waals surface area contributed by atoms with E-state index in [0.29, 0.717) is 0 Å². The molecule has 3 heteroatoms. The maximum Gasteiger partial charge on any atom is 0.342 e. The van der Waals surface area contributed by atoms with Crippen molar-refractivity contribution in [2.75, 3.05) is 6.61 Å². The third-order valence-corrected chi connectivity index (χ3v) is 2.54. The molecule has 0 saturated heterocycles. The number of carbonyl (C=O) groups is 1. The van der Waals surface area contributed by atoms with Crippen molar-refractivity contribution in [3.63, 3.8) is 0 Å². The number of esters is 1. The highest BCUT2D eigenvalue weighted by molar-refractivity contribution is 5.92. The number of hydrogen-bond donors (Lipinski definition) is 1. The van der Waals surface area contributed by atoms with Crippen LogP contribution in [0.25, 0.3) is 6.08 Å². The Hall–Kier alpha value is -2.55. The summed E-state index contributed by atoms with van der Waals surface area (Å²) >= 11 is 0. The average Bonchev–Trinajstić information content (AvgIpc) is 2.45. The van der Waals surface area contributed by atoms with Crippen LogP contribution >= 0.6 is 0 Å². The highest BCUT2D eigenvalue weighted by atomic mass is 16.5. The first-order chi connectivity index (χ1) is 9.27. The number of carbonyl (C=O) groups excluding carboxylic acids is 1. The van der Waals surface area contributed by atoms with Gasteiger partial charge in [-0.05, 0) is 23.8 Å². The molecule has 96 valence electrons. The van der Waals surface area contributed by atoms with Gasteiger partial charge in [-0.2, -0.15) is 0 Å². The third-order valence-electron chi connectivity index (χ3n) is 2.54. The van der Waals surface area contributed by atoms with Crippen LogP contribution in [0.4, 0.5) is 0 Å². The number of phenols is 1. The molecule has 2 aromatic rings. The summed E-state index contributed by atoms with van der Waals surface area (Å²) in [5.74, 6) is -0.602. The molecule has 0 atom stereocenters. The number of phenolic OH excluding ortho intramolecular Hbond substituents is 1. The van der Waals surface area contributed by atoms with Gasteiger partial charge in [-0.15, -0.1) is 0 Å². The molecule has 0 saturated carbocycles. The van der Waals surface area contributed by atoms with Crippen LogP contribution < -0.4 is 0 Å². The van der Waals surface area contributed by atoms with Crippen LogP contribution in [0.1, 0.15) is 15.9 Å². The number of rotatable bonds is 4. The predicted molar refractivity (Wildman–Crippen MR) is 73.9 cm³/mol. The van der Waals surface area contributed by atoms with Crippen molar-refractivity contribution in [1.29, 1.82) is 0 Å². The van der Waals surface area contributed by atoms with Crippen LogP contribution in [0.2, 0.25) is 0 Å². The van der Waals surface area contributed by atoms with Gasteiger partial charge in [0, 0.05) is 0 Å². The molecule has 0 bridgehead atoms. The molecule has 0 aromatic heterocycles. The highest BCUT2D eigenvalue weighted by Gasteiger charge is 2.10. The van der Waals surface area contributed by atoms with Crippen molar-refractivity contribution in [1.82, 2.24) is 0 Å². The monoisotopic (exact) mass is 254 g/mol. The van der Waals surface area contributed by atoms with Crippen LogP contribution in [0.15, 0.2) is 60.7 Å². The number of hydrogen-bond acceptors (Lipinski definition) is 3. The van der Waals surface area contributed by atoms with Gasteiger partial charge in [-0.25, -0.2) is 4.79 Å². The van der Waals surface area contributed by atoms with E-state index in [1.165, 1.54) is 12.1 Å². The van der Waals surface area contributed by atoms with Gasteiger partial charge in [0.15, 0.2) is 0 Å². The average molecular weight is 254 g/mol. The van der Waals surface area contributed by atoms with Crippen LogP contribution in [0.3, 0.4) is 0 Å². The molecular formula is C16H14O3. The van der Waals surface area contributed by atoms with Crippen LogP contribution in [0, 0.1) is 0 Å². The van der Waals surface area contributed by atoms with E-state index in [2.05, 4.69) is 0 Å². The summed E-state index contributed by atoms with van der Waals surface area (Å²) in [6, 6.07) is 16.0. The first-order valence-electron chi connectivity index (χ1n) is 5.94. The van der Waals surface area contributed by atoms with E-state index in [9.17, 15) is 9.90 Å². The van der Waals surface area contributed by atoms with Crippen molar-refractivity contribution >= 4 is 12.0 Å². The fraction of sp³-hybridized carbons (Fsp3) is 0.0625. The molecule has 2 aromatic carbocycles. The van der Waals surface area contributed by atoms with E-state index in [4.69, 9.17) is 4.74 Å². The molecule has 0 aliphatic heterocycles. The lowest BCUT2D eigenvalue weighted by molar-refractivity contribution is 0.0547. The lowest BCUT2D eigenvalue weighted by atomic mass is 10.2. The summed E-state index contributed by atoms with van der Waals surface area (Å²) in [7, 11) is 0. The van der Waals surface area contributed by atoms with Gasteiger partial charge in [-0.1, -0.05) is 48.5 Å². The summed E-state index contributed by atoms with van der Waals surface area (Å²) in [6.07, 6.45) is 3.63. The summed E-state index contributed by atoms with van der Waals surface area (Å²) < 4.78 is 5.04. The molecule has 19 heavy (non-hydrogen) atoms. The van der Waals surface area contributed by atoms with E-state index >= 15 is 0 Å². The Labute approximate surface area is 111 Å². The molecule has 1 N–H and O–H groups in total. The summed E-state index contributed by atoms with van der Waals surface area (Å²) in [5, 5.41) is 9.50. The number of ether oxygens (including phenoxy) is 1. The van der Waals surface area contributed by atoms with Crippen molar-refractivity contribution in [2.24, 2.45) is 0 Å². The smallest absolute Gasteiger partial charge is 0.342 e. The molecule has 0 aliphatic rings. The van der Waals surface area contributed by atoms with Gasteiger partial charge in [0.2, 0.25) is 0 Å². The Morgan fingerprint density at radius 2 is 1.74 bits per heavy atom. The maximum atomic E-state index is 11.7. The standard InChI is InChI=1S/C16H14O3/c17-15-11-5-4-10-14(15)16(18)19-12-6-9-13-7-2-1-3-8-13/h1-11,17H,12H2. The van der Waals surface area contributed by atoms with E-state index in [1.807, 2.05) is 36.4 Å². The van der Waals surface area contributed by atoms with Gasteiger partial charge >= 0.3 is 5.97 Å². The van der Waals surface area contributed by atoms with Crippen LogP contribution in [-0.4, -0.2) is 17.7 Å². The Balaban J connectivity index is 1.88. The largest absolute Gasteiger partial charge is 0.507 e. The van der Waals surface area contributed by atoms with E-state index in [1.54, 1.807) is 18.2 Å². The molecule has 0 unspecified atom stereocenters. The second kappa shape index (κ2) is 6.40. The van der Waals surface area contributed by atoms with Crippen molar-refractivity contribution in [3.8, 4) is 5.75 Å². The molecule has 2 rings (SSSR count). The van der Waals surface area contributed by atoms with Gasteiger partial charge in [0.25, 0.3) is 0 Å². The van der Waals surface area contributed by atoms with Crippen LogP contribution in [0.5, 0.6) is 5.75 Å². The minimum Gasteiger partial charge on any atom is -0.507 e. The lowest BCUT2D eigenvalue weighted by Gasteiger charge is -2.03. The summed E-state index contributed by atoms with van der Waals surface area (Å²) in [6.45, 7) is 0.169. The zero-order chi connectivity index (χ0) is 13.5. The Kier molecular flexibility index (Phi) is 4.34. The van der Waals surface area contributed by atoms with E-state index in [0.717, 1.165) is 5.56 Å². The lowest BCUT2D eigenvalue weighted by Crippen LogP contribution is -2.05. The molecule has 0 spiro atoms. The second-order valence-electron chi connectivity index (χ2n) is 3.93. The molecule has 3 nitrogen and oxygen atoms in total. The van der Waals surface area contributed by atoms with Gasteiger partial charge < -0.3 is 9.84 Å². The zero-order valence-electron chi connectivity index (χ0n) is 10.3.